The lowest BCUT2D eigenvalue weighted by Crippen LogP contribution is -2.37. The zero-order chi connectivity index (χ0) is 9.19. The highest BCUT2D eigenvalue weighted by Crippen LogP contribution is 2.04. The molecule has 0 aromatic rings. The molecule has 1 heterocycles. The summed E-state index contributed by atoms with van der Waals surface area (Å²) >= 11 is 4.76. The third-order valence-electron chi connectivity index (χ3n) is 1.87. The molecule has 1 saturated heterocycles. The van der Waals surface area contributed by atoms with E-state index in [1.54, 1.807) is 4.90 Å². The number of nitrogens with two attached hydrogens (primary N) is 1. The normalized spacial score (nSPS) is 23.2. The van der Waals surface area contributed by atoms with Crippen LogP contribution in [-0.2, 0) is 9.84 Å². The second-order valence-electron chi connectivity index (χ2n) is 2.83. The van der Waals surface area contributed by atoms with Crippen molar-refractivity contribution < 1.29 is 8.42 Å². The Bertz CT molecular complexity index is 273. The van der Waals surface area contributed by atoms with E-state index < -0.39 is 9.84 Å². The summed E-state index contributed by atoms with van der Waals surface area (Å²) in [5.41, 5.74) is 5.39. The summed E-state index contributed by atoms with van der Waals surface area (Å²) in [6, 6.07) is 0. The largest absolute Gasteiger partial charge is 0.376 e. The van der Waals surface area contributed by atoms with E-state index in [9.17, 15) is 8.42 Å². The molecule has 0 radical (unpaired) electrons. The van der Waals surface area contributed by atoms with Crippen LogP contribution >= 0.6 is 12.2 Å². The van der Waals surface area contributed by atoms with Gasteiger partial charge in [-0.2, -0.15) is 0 Å². The molecule has 1 aliphatic heterocycles. The smallest absolute Gasteiger partial charge is 0.166 e. The van der Waals surface area contributed by atoms with E-state index in [0.29, 0.717) is 24.6 Å². The molecule has 0 bridgehead atoms. The van der Waals surface area contributed by atoms with Gasteiger partial charge < -0.3 is 10.6 Å². The van der Waals surface area contributed by atoms with Gasteiger partial charge in [-0.05, 0) is 18.6 Å². The van der Waals surface area contributed by atoms with E-state index in [2.05, 4.69) is 0 Å². The van der Waals surface area contributed by atoms with Gasteiger partial charge in [-0.15, -0.1) is 0 Å². The molecule has 1 fully saturated rings. The predicted octanol–water partition coefficient (Wildman–Crippen LogP) is -0.649. The summed E-state index contributed by atoms with van der Waals surface area (Å²) in [7, 11) is -2.84. The van der Waals surface area contributed by atoms with E-state index in [1.165, 1.54) is 0 Å². The maximum absolute atomic E-state index is 11.1. The molecule has 1 aliphatic rings. The standard InChI is InChI=1S/C6H12N2O2S2/c7-6(11)8-2-1-4-12(9,10)5-3-8/h1-5H2,(H2,7,11). The first kappa shape index (κ1) is 9.73. The molecule has 0 spiro atoms. The molecular formula is C6H12N2O2S2. The highest BCUT2D eigenvalue weighted by atomic mass is 32.2. The minimum Gasteiger partial charge on any atom is -0.376 e. The fourth-order valence-corrected chi connectivity index (χ4v) is 2.61. The van der Waals surface area contributed by atoms with Gasteiger partial charge in [0.05, 0.1) is 11.5 Å². The van der Waals surface area contributed by atoms with Crippen molar-refractivity contribution in [2.45, 2.75) is 6.42 Å². The van der Waals surface area contributed by atoms with Crippen molar-refractivity contribution in [2.24, 2.45) is 5.73 Å². The molecule has 1 rings (SSSR count). The van der Waals surface area contributed by atoms with Gasteiger partial charge in [0.25, 0.3) is 0 Å². The van der Waals surface area contributed by atoms with Gasteiger partial charge in [0.1, 0.15) is 0 Å². The summed E-state index contributed by atoms with van der Waals surface area (Å²) in [4.78, 5) is 1.74. The molecule has 0 amide bonds. The molecule has 4 nitrogen and oxygen atoms in total. The maximum atomic E-state index is 11.1. The molecule has 12 heavy (non-hydrogen) atoms. The molecule has 0 atom stereocenters. The van der Waals surface area contributed by atoms with Crippen LogP contribution in [0.15, 0.2) is 0 Å². The first-order valence-electron chi connectivity index (χ1n) is 3.76. The first-order valence-corrected chi connectivity index (χ1v) is 5.99. The molecule has 0 aliphatic carbocycles. The number of hydrogen-bond donors (Lipinski definition) is 1. The van der Waals surface area contributed by atoms with Crippen molar-refractivity contribution in [3.8, 4) is 0 Å². The van der Waals surface area contributed by atoms with Crippen LogP contribution in [0.25, 0.3) is 0 Å². The average molecular weight is 208 g/mol. The first-order chi connectivity index (χ1) is 5.51. The maximum Gasteiger partial charge on any atom is 0.166 e. The van der Waals surface area contributed by atoms with Crippen LogP contribution in [0.5, 0.6) is 0 Å². The van der Waals surface area contributed by atoms with Crippen LogP contribution in [-0.4, -0.2) is 43.0 Å². The van der Waals surface area contributed by atoms with Crippen molar-refractivity contribution in [3.05, 3.63) is 0 Å². The quantitative estimate of drug-likeness (QED) is 0.536. The van der Waals surface area contributed by atoms with Crippen molar-refractivity contribution in [3.63, 3.8) is 0 Å². The summed E-state index contributed by atoms with van der Waals surface area (Å²) in [6.07, 6.45) is 0.625. The van der Waals surface area contributed by atoms with Crippen molar-refractivity contribution in [2.75, 3.05) is 24.6 Å². The predicted molar refractivity (Wildman–Crippen MR) is 51.6 cm³/mol. The summed E-state index contributed by atoms with van der Waals surface area (Å²) in [5.74, 6) is 0.427. The summed E-state index contributed by atoms with van der Waals surface area (Å²) in [6.45, 7) is 1.10. The Morgan fingerprint density at radius 3 is 2.58 bits per heavy atom. The molecule has 70 valence electrons. The number of nitrogens with zero attached hydrogens (tertiary/aromatic N) is 1. The van der Waals surface area contributed by atoms with Gasteiger partial charge in [0, 0.05) is 13.1 Å². The SMILES string of the molecule is NC(=S)N1CCCS(=O)(=O)CC1. The van der Waals surface area contributed by atoms with Crippen LogP contribution in [0.2, 0.25) is 0 Å². The number of rotatable bonds is 0. The molecule has 0 aromatic heterocycles. The lowest BCUT2D eigenvalue weighted by molar-refractivity contribution is 0.453. The summed E-state index contributed by atoms with van der Waals surface area (Å²) in [5, 5.41) is 0.298. The van der Waals surface area contributed by atoms with E-state index in [0.717, 1.165) is 0 Å². The zero-order valence-electron chi connectivity index (χ0n) is 6.69. The van der Waals surface area contributed by atoms with Crippen LogP contribution < -0.4 is 5.73 Å². The van der Waals surface area contributed by atoms with Crippen LogP contribution in [0.4, 0.5) is 0 Å². The minimum atomic E-state index is -2.84. The minimum absolute atomic E-state index is 0.171. The van der Waals surface area contributed by atoms with Crippen molar-refractivity contribution >= 4 is 27.2 Å². The Labute approximate surface area is 77.6 Å². The lowest BCUT2D eigenvalue weighted by Gasteiger charge is -2.18. The van der Waals surface area contributed by atoms with E-state index in [-0.39, 0.29) is 11.5 Å². The van der Waals surface area contributed by atoms with Crippen LogP contribution in [0.3, 0.4) is 0 Å². The Hall–Kier alpha value is -0.360. The Morgan fingerprint density at radius 2 is 2.00 bits per heavy atom. The average Bonchev–Trinajstić information content (AvgIpc) is 2.10. The molecule has 0 aromatic carbocycles. The highest BCUT2D eigenvalue weighted by molar-refractivity contribution is 7.91. The molecule has 6 heteroatoms. The fraction of sp³-hybridized carbons (Fsp3) is 0.833. The third-order valence-corrected chi connectivity index (χ3v) is 3.84. The van der Waals surface area contributed by atoms with Crippen LogP contribution in [0, 0.1) is 0 Å². The number of thiocarbonyl (C=S) groups is 1. The van der Waals surface area contributed by atoms with E-state index in [1.807, 2.05) is 0 Å². The second kappa shape index (κ2) is 3.57. The van der Waals surface area contributed by atoms with E-state index >= 15 is 0 Å². The lowest BCUT2D eigenvalue weighted by atomic mass is 10.4. The Morgan fingerprint density at radius 1 is 1.33 bits per heavy atom. The van der Waals surface area contributed by atoms with Gasteiger partial charge in [0.15, 0.2) is 14.9 Å². The van der Waals surface area contributed by atoms with Crippen molar-refractivity contribution in [1.29, 1.82) is 0 Å². The van der Waals surface area contributed by atoms with Gasteiger partial charge in [-0.3, -0.25) is 0 Å². The van der Waals surface area contributed by atoms with E-state index in [4.69, 9.17) is 18.0 Å². The molecule has 0 unspecified atom stereocenters. The van der Waals surface area contributed by atoms with Gasteiger partial charge in [-0.25, -0.2) is 8.42 Å². The van der Waals surface area contributed by atoms with Gasteiger partial charge >= 0.3 is 0 Å². The van der Waals surface area contributed by atoms with Crippen molar-refractivity contribution in [1.82, 2.24) is 4.90 Å². The third kappa shape index (κ3) is 2.60. The number of hydrogen-bond acceptors (Lipinski definition) is 3. The van der Waals surface area contributed by atoms with Crippen LogP contribution in [0.1, 0.15) is 6.42 Å². The molecule has 0 saturated carbocycles. The topological polar surface area (TPSA) is 63.4 Å². The molecule has 2 N–H and O–H groups in total. The molecular weight excluding hydrogens is 196 g/mol. The summed E-state index contributed by atoms with van der Waals surface area (Å²) < 4.78 is 22.3. The Kier molecular flexibility index (Phi) is 2.89. The number of sulfone groups is 1. The highest BCUT2D eigenvalue weighted by Gasteiger charge is 2.19. The van der Waals surface area contributed by atoms with Gasteiger partial charge in [0.2, 0.25) is 0 Å². The fourth-order valence-electron chi connectivity index (χ4n) is 1.16. The monoisotopic (exact) mass is 208 g/mol. The van der Waals surface area contributed by atoms with Gasteiger partial charge in [-0.1, -0.05) is 0 Å². The zero-order valence-corrected chi connectivity index (χ0v) is 8.33. The second-order valence-corrected chi connectivity index (χ2v) is 5.55. The Balaban J connectivity index is 2.62.